The van der Waals surface area contributed by atoms with Crippen molar-refractivity contribution in [2.45, 2.75) is 45.2 Å². The highest BCUT2D eigenvalue weighted by atomic mass is 35.5. The molecule has 0 fully saturated rings. The Morgan fingerprint density at radius 3 is 2.81 bits per heavy atom. The van der Waals surface area contributed by atoms with E-state index in [1.165, 1.54) is 33.8 Å². The average Bonchev–Trinajstić information content (AvgIpc) is 3.48. The Balaban J connectivity index is 1.51. The van der Waals surface area contributed by atoms with Crippen molar-refractivity contribution in [3.63, 3.8) is 0 Å². The lowest BCUT2D eigenvalue weighted by Gasteiger charge is -2.32. The molecular weight excluding hydrogens is 490 g/mol. The van der Waals surface area contributed by atoms with E-state index in [2.05, 4.69) is 34.3 Å². The number of methoxy groups -OCH3 is 1. The summed E-state index contributed by atoms with van der Waals surface area (Å²) in [5.74, 6) is 0.771. The van der Waals surface area contributed by atoms with Gasteiger partial charge in [-0.25, -0.2) is 4.79 Å². The number of hydrogen-bond acceptors (Lipinski definition) is 3. The number of ether oxygens (including phenoxy) is 1. The number of amides is 2. The van der Waals surface area contributed by atoms with Crippen molar-refractivity contribution in [2.75, 3.05) is 12.4 Å². The molecule has 1 aliphatic carbocycles. The molecule has 6 rings (SSSR count). The van der Waals surface area contributed by atoms with Gasteiger partial charge in [-0.3, -0.25) is 0 Å². The summed E-state index contributed by atoms with van der Waals surface area (Å²) in [4.78, 5) is 17.5. The number of aromatic nitrogens is 1. The van der Waals surface area contributed by atoms with Crippen molar-refractivity contribution in [3.8, 4) is 10.8 Å². The number of halogens is 1. The van der Waals surface area contributed by atoms with Gasteiger partial charge in [-0.15, -0.1) is 11.3 Å². The molecule has 1 aliphatic heterocycles. The maximum atomic E-state index is 14.1. The summed E-state index contributed by atoms with van der Waals surface area (Å²) in [6.45, 7) is 2.52. The van der Waals surface area contributed by atoms with E-state index >= 15 is 0 Å². The van der Waals surface area contributed by atoms with Gasteiger partial charge in [0.2, 0.25) is 0 Å². The molecule has 5 nitrogen and oxygen atoms in total. The second-order valence-electron chi connectivity index (χ2n) is 9.49. The maximum absolute atomic E-state index is 14.1. The Morgan fingerprint density at radius 2 is 1.94 bits per heavy atom. The molecule has 2 aromatic heterocycles. The van der Waals surface area contributed by atoms with Crippen molar-refractivity contribution in [3.05, 3.63) is 98.6 Å². The second-order valence-corrected chi connectivity index (χ2v) is 11.0. The number of fused-ring (bicyclic) bond motifs is 5. The standard InChI is InChI=1S/C29H28ClN3O2S/c1-18-12-13-20(30)16-24(18)31-29(34)33-17-23-22-9-3-4-11-26(22)36-28(23)32-14-6-10-25(32)27(33)19-7-5-8-21(15-19)35-2/h5-8,10,12-16,27H,3-4,9,11,17H2,1-2H3,(H,31,34). The van der Waals surface area contributed by atoms with Crippen LogP contribution in [-0.4, -0.2) is 22.6 Å². The zero-order chi connectivity index (χ0) is 24.8. The molecule has 0 saturated carbocycles. The minimum absolute atomic E-state index is 0.149. The van der Waals surface area contributed by atoms with Crippen molar-refractivity contribution in [1.82, 2.24) is 9.47 Å². The van der Waals surface area contributed by atoms with Crippen LogP contribution in [-0.2, 0) is 19.4 Å². The summed E-state index contributed by atoms with van der Waals surface area (Å²) < 4.78 is 7.84. The molecule has 2 aliphatic rings. The number of rotatable bonds is 3. The van der Waals surface area contributed by atoms with E-state index in [0.29, 0.717) is 11.6 Å². The lowest BCUT2D eigenvalue weighted by molar-refractivity contribution is 0.194. The number of nitrogens with one attached hydrogen (secondary N) is 1. The van der Waals surface area contributed by atoms with E-state index in [9.17, 15) is 4.79 Å². The lowest BCUT2D eigenvalue weighted by Crippen LogP contribution is -2.38. The summed E-state index contributed by atoms with van der Waals surface area (Å²) in [5.41, 5.74) is 6.48. The third-order valence-electron chi connectivity index (χ3n) is 7.29. The second kappa shape index (κ2) is 9.34. The topological polar surface area (TPSA) is 46.5 Å². The molecule has 0 saturated heterocycles. The molecule has 7 heteroatoms. The number of nitrogens with zero attached hydrogens (tertiary/aromatic N) is 2. The van der Waals surface area contributed by atoms with Gasteiger partial charge in [0.1, 0.15) is 10.8 Å². The zero-order valence-electron chi connectivity index (χ0n) is 20.4. The van der Waals surface area contributed by atoms with Crippen LogP contribution < -0.4 is 10.1 Å². The number of thiophene rings is 1. The van der Waals surface area contributed by atoms with Crippen LogP contribution in [0.25, 0.3) is 5.00 Å². The number of hydrogen-bond donors (Lipinski definition) is 1. The Morgan fingerprint density at radius 1 is 1.08 bits per heavy atom. The fourth-order valence-electron chi connectivity index (χ4n) is 5.46. The van der Waals surface area contributed by atoms with Crippen LogP contribution >= 0.6 is 22.9 Å². The molecule has 2 aromatic carbocycles. The SMILES string of the molecule is COc1cccc(C2c3cccn3-c3sc4c(c3CN2C(=O)Nc2cc(Cl)ccc2C)CCCC4)c1. The van der Waals surface area contributed by atoms with Crippen molar-refractivity contribution in [2.24, 2.45) is 0 Å². The first-order valence-electron chi connectivity index (χ1n) is 12.3. The number of urea groups is 1. The molecular formula is C29H28ClN3O2S. The number of aryl methyl sites for hydroxylation is 2. The summed E-state index contributed by atoms with van der Waals surface area (Å²) in [6.07, 6.45) is 6.75. The number of benzene rings is 2. The van der Waals surface area contributed by atoms with Crippen LogP contribution in [0.5, 0.6) is 5.75 Å². The van der Waals surface area contributed by atoms with Crippen LogP contribution in [0.2, 0.25) is 5.02 Å². The van der Waals surface area contributed by atoms with Crippen LogP contribution in [0.4, 0.5) is 10.5 Å². The van der Waals surface area contributed by atoms with Gasteiger partial charge in [-0.05, 0) is 85.7 Å². The third kappa shape index (κ3) is 3.98. The van der Waals surface area contributed by atoms with Crippen LogP contribution in [0.1, 0.15) is 51.7 Å². The number of carbonyl (C=O) groups excluding carboxylic acids is 1. The fourth-order valence-corrected chi connectivity index (χ4v) is 7.04. The first-order chi connectivity index (χ1) is 17.5. The highest BCUT2D eigenvalue weighted by Crippen LogP contribution is 2.44. The predicted molar refractivity (Wildman–Crippen MR) is 146 cm³/mol. The van der Waals surface area contributed by atoms with Crippen LogP contribution in [0.15, 0.2) is 60.8 Å². The van der Waals surface area contributed by atoms with Crippen molar-refractivity contribution >= 4 is 34.7 Å². The van der Waals surface area contributed by atoms with Gasteiger partial charge in [0, 0.05) is 27.3 Å². The van der Waals surface area contributed by atoms with Crippen LogP contribution in [0.3, 0.4) is 0 Å². The molecule has 1 atom stereocenters. The lowest BCUT2D eigenvalue weighted by atomic mass is 9.95. The summed E-state index contributed by atoms with van der Waals surface area (Å²) in [5, 5.41) is 5.00. The maximum Gasteiger partial charge on any atom is 0.322 e. The normalized spacial score (nSPS) is 16.5. The van der Waals surface area contributed by atoms with Crippen LogP contribution in [0, 0.1) is 6.92 Å². The van der Waals surface area contributed by atoms with Crippen molar-refractivity contribution < 1.29 is 9.53 Å². The molecule has 1 N–H and O–H groups in total. The highest BCUT2D eigenvalue weighted by molar-refractivity contribution is 7.15. The molecule has 36 heavy (non-hydrogen) atoms. The van der Waals surface area contributed by atoms with Gasteiger partial charge < -0.3 is 19.5 Å². The summed E-state index contributed by atoms with van der Waals surface area (Å²) in [7, 11) is 1.67. The Kier molecular flexibility index (Phi) is 6.02. The largest absolute Gasteiger partial charge is 0.497 e. The number of anilines is 1. The van der Waals surface area contributed by atoms with E-state index in [4.69, 9.17) is 16.3 Å². The smallest absolute Gasteiger partial charge is 0.322 e. The van der Waals surface area contributed by atoms with Gasteiger partial charge in [0.15, 0.2) is 0 Å². The van der Waals surface area contributed by atoms with E-state index in [1.807, 2.05) is 59.6 Å². The minimum atomic E-state index is -0.284. The van der Waals surface area contributed by atoms with E-state index in [0.717, 1.165) is 41.1 Å². The molecule has 0 bridgehead atoms. The van der Waals surface area contributed by atoms with Gasteiger partial charge in [0.05, 0.1) is 25.4 Å². The Labute approximate surface area is 220 Å². The minimum Gasteiger partial charge on any atom is -0.497 e. The van der Waals surface area contributed by atoms with Gasteiger partial charge in [0.25, 0.3) is 0 Å². The van der Waals surface area contributed by atoms with Gasteiger partial charge in [-0.2, -0.15) is 0 Å². The molecule has 184 valence electrons. The van der Waals surface area contributed by atoms with E-state index in [-0.39, 0.29) is 12.1 Å². The molecule has 0 spiro atoms. The number of carbonyl (C=O) groups is 1. The molecule has 4 aromatic rings. The average molecular weight is 518 g/mol. The predicted octanol–water partition coefficient (Wildman–Crippen LogP) is 7.53. The zero-order valence-corrected chi connectivity index (χ0v) is 22.0. The first kappa shape index (κ1) is 23.2. The molecule has 1 unspecified atom stereocenters. The quantitative estimate of drug-likeness (QED) is 0.305. The summed E-state index contributed by atoms with van der Waals surface area (Å²) in [6, 6.07) is 17.4. The van der Waals surface area contributed by atoms with Crippen molar-refractivity contribution in [1.29, 1.82) is 0 Å². The van der Waals surface area contributed by atoms with Gasteiger partial charge >= 0.3 is 6.03 Å². The monoisotopic (exact) mass is 517 g/mol. The first-order valence-corrected chi connectivity index (χ1v) is 13.5. The summed E-state index contributed by atoms with van der Waals surface area (Å²) >= 11 is 8.16. The third-order valence-corrected chi connectivity index (χ3v) is 8.86. The van der Waals surface area contributed by atoms with E-state index < -0.39 is 0 Å². The fraction of sp³-hybridized carbons (Fsp3) is 0.276. The molecule has 2 amide bonds. The molecule has 3 heterocycles. The van der Waals surface area contributed by atoms with Gasteiger partial charge in [-0.1, -0.05) is 29.8 Å². The Hall–Kier alpha value is -3.22. The highest BCUT2D eigenvalue weighted by Gasteiger charge is 2.36. The molecule has 0 radical (unpaired) electrons. The Bertz CT molecular complexity index is 1460. The van der Waals surface area contributed by atoms with E-state index in [1.54, 1.807) is 7.11 Å².